The normalized spacial score (nSPS) is 25.6. The van der Waals surface area contributed by atoms with Crippen LogP contribution in [0.4, 0.5) is 0 Å². The molecule has 2 aromatic rings. The Morgan fingerprint density at radius 1 is 1.08 bits per heavy atom. The zero-order valence-electron chi connectivity index (χ0n) is 14.2. The van der Waals surface area contributed by atoms with E-state index in [1.54, 1.807) is 30.3 Å². The first kappa shape index (κ1) is 18.5. The molecule has 1 fully saturated rings. The van der Waals surface area contributed by atoms with Crippen LogP contribution in [0.15, 0.2) is 60.7 Å². The van der Waals surface area contributed by atoms with E-state index in [1.165, 1.54) is 0 Å². The molecule has 2 aromatic carbocycles. The van der Waals surface area contributed by atoms with Crippen LogP contribution in [0.25, 0.3) is 0 Å². The molecule has 0 radical (unpaired) electrons. The number of benzene rings is 2. The van der Waals surface area contributed by atoms with E-state index in [0.717, 1.165) is 5.56 Å². The predicted octanol–water partition coefficient (Wildman–Crippen LogP) is 1.55. The molecule has 0 saturated carbocycles. The summed E-state index contributed by atoms with van der Waals surface area (Å²) in [6, 6.07) is 18.0. The van der Waals surface area contributed by atoms with E-state index in [4.69, 9.17) is 14.2 Å². The molecular weight excluding hydrogens is 336 g/mol. The van der Waals surface area contributed by atoms with Gasteiger partial charge >= 0.3 is 5.97 Å². The topological polar surface area (TPSA) is 85.2 Å². The molecule has 1 heterocycles. The zero-order valence-corrected chi connectivity index (χ0v) is 14.2. The first-order valence-corrected chi connectivity index (χ1v) is 8.51. The number of aliphatic hydroxyl groups is 2. The zero-order chi connectivity index (χ0) is 18.4. The lowest BCUT2D eigenvalue weighted by atomic mass is 10.00. The van der Waals surface area contributed by atoms with Gasteiger partial charge in [0.1, 0.15) is 18.3 Å². The highest BCUT2D eigenvalue weighted by atomic mass is 16.6. The molecule has 138 valence electrons. The first-order valence-electron chi connectivity index (χ1n) is 8.51. The van der Waals surface area contributed by atoms with Crippen LogP contribution in [0.2, 0.25) is 0 Å². The van der Waals surface area contributed by atoms with Crippen LogP contribution < -0.4 is 0 Å². The SMILES string of the molecule is O=C(OC1CO[C@H](CO)[C@@H](OCc2ccccc2)[C@@H]1O)c1ccccc1. The van der Waals surface area contributed by atoms with Crippen LogP contribution in [0, 0.1) is 0 Å². The maximum atomic E-state index is 12.2. The Balaban J connectivity index is 1.64. The summed E-state index contributed by atoms with van der Waals surface area (Å²) in [4.78, 5) is 12.2. The van der Waals surface area contributed by atoms with Crippen molar-refractivity contribution in [2.75, 3.05) is 13.2 Å². The van der Waals surface area contributed by atoms with Gasteiger partial charge in [-0.25, -0.2) is 4.79 Å². The molecule has 1 aliphatic rings. The molecule has 4 atom stereocenters. The second-order valence-electron chi connectivity index (χ2n) is 6.12. The third-order valence-electron chi connectivity index (χ3n) is 4.29. The van der Waals surface area contributed by atoms with Crippen molar-refractivity contribution in [1.29, 1.82) is 0 Å². The molecule has 0 aliphatic carbocycles. The van der Waals surface area contributed by atoms with E-state index in [-0.39, 0.29) is 19.8 Å². The number of hydrogen-bond acceptors (Lipinski definition) is 6. The Morgan fingerprint density at radius 2 is 1.73 bits per heavy atom. The fraction of sp³-hybridized carbons (Fsp3) is 0.350. The van der Waals surface area contributed by atoms with Crippen LogP contribution in [0.1, 0.15) is 15.9 Å². The van der Waals surface area contributed by atoms with Gasteiger partial charge in [0.05, 0.1) is 25.4 Å². The fourth-order valence-electron chi connectivity index (χ4n) is 2.86. The number of rotatable bonds is 6. The molecule has 1 saturated heterocycles. The number of carbonyl (C=O) groups excluding carboxylic acids is 1. The van der Waals surface area contributed by atoms with Crippen molar-refractivity contribution < 1.29 is 29.2 Å². The van der Waals surface area contributed by atoms with Crippen molar-refractivity contribution in [1.82, 2.24) is 0 Å². The van der Waals surface area contributed by atoms with Gasteiger partial charge in [-0.15, -0.1) is 0 Å². The molecule has 1 aliphatic heterocycles. The van der Waals surface area contributed by atoms with Crippen molar-refractivity contribution in [3.8, 4) is 0 Å². The van der Waals surface area contributed by atoms with E-state index in [0.29, 0.717) is 5.56 Å². The largest absolute Gasteiger partial charge is 0.453 e. The molecule has 6 heteroatoms. The second kappa shape index (κ2) is 8.91. The van der Waals surface area contributed by atoms with Gasteiger partial charge in [0.15, 0.2) is 6.10 Å². The summed E-state index contributed by atoms with van der Waals surface area (Å²) in [6.45, 7) is -0.0478. The number of aliphatic hydroxyl groups excluding tert-OH is 2. The average Bonchev–Trinajstić information content (AvgIpc) is 2.70. The van der Waals surface area contributed by atoms with Crippen LogP contribution in [0.5, 0.6) is 0 Å². The molecule has 1 unspecified atom stereocenters. The molecule has 3 rings (SSSR count). The molecule has 0 spiro atoms. The summed E-state index contributed by atoms with van der Waals surface area (Å²) in [6.07, 6.45) is -3.45. The van der Waals surface area contributed by atoms with Gasteiger partial charge < -0.3 is 24.4 Å². The molecule has 2 N–H and O–H groups in total. The summed E-state index contributed by atoms with van der Waals surface area (Å²) >= 11 is 0. The van der Waals surface area contributed by atoms with Gasteiger partial charge in [-0.3, -0.25) is 0 Å². The van der Waals surface area contributed by atoms with Gasteiger partial charge in [-0.1, -0.05) is 48.5 Å². The van der Waals surface area contributed by atoms with Crippen molar-refractivity contribution in [3.63, 3.8) is 0 Å². The van der Waals surface area contributed by atoms with E-state index in [2.05, 4.69) is 0 Å². The predicted molar refractivity (Wildman–Crippen MR) is 93.5 cm³/mol. The molecule has 26 heavy (non-hydrogen) atoms. The quantitative estimate of drug-likeness (QED) is 0.762. The van der Waals surface area contributed by atoms with E-state index < -0.39 is 30.4 Å². The van der Waals surface area contributed by atoms with Crippen LogP contribution in [-0.4, -0.2) is 53.8 Å². The smallest absolute Gasteiger partial charge is 0.338 e. The van der Waals surface area contributed by atoms with Crippen LogP contribution >= 0.6 is 0 Å². The van der Waals surface area contributed by atoms with Crippen molar-refractivity contribution in [2.45, 2.75) is 31.0 Å². The van der Waals surface area contributed by atoms with E-state index >= 15 is 0 Å². The maximum absolute atomic E-state index is 12.2. The Labute approximate surface area is 151 Å². The summed E-state index contributed by atoms with van der Waals surface area (Å²) in [7, 11) is 0. The highest BCUT2D eigenvalue weighted by Crippen LogP contribution is 2.23. The second-order valence-corrected chi connectivity index (χ2v) is 6.12. The number of esters is 1. The third-order valence-corrected chi connectivity index (χ3v) is 4.29. The lowest BCUT2D eigenvalue weighted by Gasteiger charge is -2.38. The van der Waals surface area contributed by atoms with E-state index in [9.17, 15) is 15.0 Å². The minimum atomic E-state index is -1.10. The number of hydrogen-bond donors (Lipinski definition) is 2. The van der Waals surface area contributed by atoms with Crippen molar-refractivity contribution in [2.24, 2.45) is 0 Å². The average molecular weight is 358 g/mol. The first-order chi connectivity index (χ1) is 12.7. The van der Waals surface area contributed by atoms with Crippen molar-refractivity contribution in [3.05, 3.63) is 71.8 Å². The standard InChI is InChI=1S/C20H22O6/c21-11-16-19(25-12-14-7-3-1-4-8-14)18(22)17(13-24-16)26-20(23)15-9-5-2-6-10-15/h1-10,16-19,21-22H,11-13H2/t16-,17?,18-,19-/m1/s1. The van der Waals surface area contributed by atoms with Crippen LogP contribution in [-0.2, 0) is 20.8 Å². The summed E-state index contributed by atoms with van der Waals surface area (Å²) in [5.41, 5.74) is 1.32. The molecular formula is C20H22O6. The van der Waals surface area contributed by atoms with E-state index in [1.807, 2.05) is 30.3 Å². The van der Waals surface area contributed by atoms with Gasteiger partial charge in [-0.2, -0.15) is 0 Å². The number of carbonyl (C=O) groups is 1. The Kier molecular flexibility index (Phi) is 6.35. The summed E-state index contributed by atoms with van der Waals surface area (Å²) in [5.74, 6) is -0.539. The lowest BCUT2D eigenvalue weighted by Crippen LogP contribution is -2.56. The minimum absolute atomic E-state index is 0.00381. The van der Waals surface area contributed by atoms with Gasteiger partial charge in [0.25, 0.3) is 0 Å². The Bertz CT molecular complexity index is 690. The summed E-state index contributed by atoms with van der Waals surface area (Å²) in [5, 5.41) is 20.1. The molecule has 0 amide bonds. The lowest BCUT2D eigenvalue weighted by molar-refractivity contribution is -0.215. The van der Waals surface area contributed by atoms with Gasteiger partial charge in [0, 0.05) is 0 Å². The van der Waals surface area contributed by atoms with Gasteiger partial charge in [0.2, 0.25) is 0 Å². The van der Waals surface area contributed by atoms with Crippen molar-refractivity contribution >= 4 is 5.97 Å². The fourth-order valence-corrected chi connectivity index (χ4v) is 2.86. The third kappa shape index (κ3) is 4.47. The van der Waals surface area contributed by atoms with Gasteiger partial charge in [-0.05, 0) is 17.7 Å². The molecule has 0 bridgehead atoms. The maximum Gasteiger partial charge on any atom is 0.338 e. The summed E-state index contributed by atoms with van der Waals surface area (Å²) < 4.78 is 16.7. The number of ether oxygens (including phenoxy) is 3. The minimum Gasteiger partial charge on any atom is -0.453 e. The Morgan fingerprint density at radius 3 is 2.38 bits per heavy atom. The highest BCUT2D eigenvalue weighted by molar-refractivity contribution is 5.89. The molecule has 6 nitrogen and oxygen atoms in total. The Hall–Kier alpha value is -2.25. The monoisotopic (exact) mass is 358 g/mol. The molecule has 0 aromatic heterocycles. The highest BCUT2D eigenvalue weighted by Gasteiger charge is 2.42. The van der Waals surface area contributed by atoms with Crippen LogP contribution in [0.3, 0.4) is 0 Å².